The van der Waals surface area contributed by atoms with E-state index in [0.29, 0.717) is 26.9 Å². The van der Waals surface area contributed by atoms with E-state index in [-0.39, 0.29) is 5.82 Å². The number of fused-ring (bicyclic) bond motifs is 1. The van der Waals surface area contributed by atoms with Crippen molar-refractivity contribution in [2.45, 2.75) is 6.92 Å². The molecule has 0 aliphatic carbocycles. The van der Waals surface area contributed by atoms with Crippen molar-refractivity contribution in [2.75, 3.05) is 0 Å². The van der Waals surface area contributed by atoms with Gasteiger partial charge in [0, 0.05) is 10.9 Å². The first-order valence-corrected chi connectivity index (χ1v) is 6.68. The van der Waals surface area contributed by atoms with Crippen molar-refractivity contribution in [3.63, 3.8) is 0 Å². The second kappa shape index (κ2) is 5.00. The van der Waals surface area contributed by atoms with Gasteiger partial charge < -0.3 is 0 Å². The van der Waals surface area contributed by atoms with Gasteiger partial charge in [-0.05, 0) is 42.8 Å². The largest absolute Gasteiger partial charge is 0.246 e. The first kappa shape index (κ1) is 13.3. The number of pyridine rings is 2. The van der Waals surface area contributed by atoms with Gasteiger partial charge in [0.15, 0.2) is 0 Å². The Hall–Kier alpha value is -1.71. The summed E-state index contributed by atoms with van der Waals surface area (Å²) in [6.07, 6.45) is 1.59. The van der Waals surface area contributed by atoms with E-state index in [1.807, 2.05) is 13.0 Å². The number of nitrogens with zero attached hydrogens (tertiary/aromatic N) is 2. The van der Waals surface area contributed by atoms with Gasteiger partial charge in [0.1, 0.15) is 11.0 Å². The molecule has 100 valence electrons. The minimum Gasteiger partial charge on any atom is -0.246 e. The van der Waals surface area contributed by atoms with E-state index in [4.69, 9.17) is 23.2 Å². The highest BCUT2D eigenvalue weighted by atomic mass is 35.5. The number of benzene rings is 1. The van der Waals surface area contributed by atoms with Gasteiger partial charge in [-0.2, -0.15) is 0 Å². The summed E-state index contributed by atoms with van der Waals surface area (Å²) in [6, 6.07) is 7.91. The molecule has 1 aromatic carbocycles. The highest BCUT2D eigenvalue weighted by Crippen LogP contribution is 2.31. The molecule has 2 aromatic heterocycles. The van der Waals surface area contributed by atoms with Crippen molar-refractivity contribution in [3.05, 3.63) is 58.1 Å². The molecule has 0 atom stereocenters. The van der Waals surface area contributed by atoms with Gasteiger partial charge in [-0.25, -0.2) is 14.4 Å². The smallest absolute Gasteiger partial charge is 0.129 e. The third kappa shape index (κ3) is 2.35. The minimum absolute atomic E-state index is 0.347. The molecular formula is C15H9Cl2FN2. The van der Waals surface area contributed by atoms with Crippen molar-refractivity contribution in [3.8, 4) is 11.3 Å². The van der Waals surface area contributed by atoms with Gasteiger partial charge in [-0.3, -0.25) is 0 Å². The van der Waals surface area contributed by atoms with Crippen molar-refractivity contribution >= 4 is 34.1 Å². The van der Waals surface area contributed by atoms with E-state index in [9.17, 15) is 4.39 Å². The lowest BCUT2D eigenvalue weighted by molar-refractivity contribution is 0.628. The Balaban J connectivity index is 2.28. The zero-order valence-corrected chi connectivity index (χ0v) is 12.0. The van der Waals surface area contributed by atoms with Crippen LogP contribution in [0.3, 0.4) is 0 Å². The molecule has 3 aromatic rings. The van der Waals surface area contributed by atoms with E-state index in [1.165, 1.54) is 18.2 Å². The Kier molecular flexibility index (Phi) is 3.32. The maximum Gasteiger partial charge on any atom is 0.129 e. The van der Waals surface area contributed by atoms with Crippen LogP contribution in [0.25, 0.3) is 22.2 Å². The topological polar surface area (TPSA) is 25.8 Å². The Morgan fingerprint density at radius 3 is 2.70 bits per heavy atom. The lowest BCUT2D eigenvalue weighted by atomic mass is 10.0. The molecule has 2 heterocycles. The quantitative estimate of drug-likeness (QED) is 0.588. The van der Waals surface area contributed by atoms with Crippen LogP contribution in [0.5, 0.6) is 0 Å². The van der Waals surface area contributed by atoms with Crippen LogP contribution in [0, 0.1) is 12.7 Å². The molecule has 3 rings (SSSR count). The molecule has 20 heavy (non-hydrogen) atoms. The number of halogens is 3. The van der Waals surface area contributed by atoms with Crippen LogP contribution in [-0.4, -0.2) is 9.97 Å². The predicted octanol–water partition coefficient (Wildman–Crippen LogP) is 5.05. The second-order valence-electron chi connectivity index (χ2n) is 4.48. The average molecular weight is 307 g/mol. The zero-order chi connectivity index (χ0) is 14.3. The summed E-state index contributed by atoms with van der Waals surface area (Å²) in [6.45, 7) is 1.90. The molecule has 0 spiro atoms. The third-order valence-electron chi connectivity index (χ3n) is 3.04. The zero-order valence-electron chi connectivity index (χ0n) is 10.5. The van der Waals surface area contributed by atoms with Crippen LogP contribution in [0.15, 0.2) is 36.5 Å². The molecule has 2 nitrogen and oxygen atoms in total. The number of aryl methyl sites for hydroxylation is 1. The van der Waals surface area contributed by atoms with E-state index in [0.717, 1.165) is 10.9 Å². The van der Waals surface area contributed by atoms with Gasteiger partial charge in [0.2, 0.25) is 0 Å². The monoisotopic (exact) mass is 306 g/mol. The van der Waals surface area contributed by atoms with Crippen LogP contribution in [0.4, 0.5) is 4.39 Å². The standard InChI is InChI=1S/C15H9Cl2FN2/c1-8-4-9-5-14(17)19-7-13(9)20-15(8)11-6-10(18)2-3-12(11)16/h2-7H,1H3. The molecule has 0 bridgehead atoms. The molecule has 0 saturated heterocycles. The third-order valence-corrected chi connectivity index (χ3v) is 3.58. The maximum absolute atomic E-state index is 13.4. The van der Waals surface area contributed by atoms with Crippen LogP contribution in [0.2, 0.25) is 10.2 Å². The highest BCUT2D eigenvalue weighted by molar-refractivity contribution is 6.33. The Morgan fingerprint density at radius 2 is 1.90 bits per heavy atom. The van der Waals surface area contributed by atoms with Crippen LogP contribution >= 0.6 is 23.2 Å². The molecule has 5 heteroatoms. The first-order chi connectivity index (χ1) is 9.54. The molecule has 0 aliphatic heterocycles. The molecule has 0 aliphatic rings. The summed E-state index contributed by atoms with van der Waals surface area (Å²) in [4.78, 5) is 8.52. The molecular weight excluding hydrogens is 298 g/mol. The number of hydrogen-bond donors (Lipinski definition) is 0. The van der Waals surface area contributed by atoms with Crippen molar-refractivity contribution in [2.24, 2.45) is 0 Å². The second-order valence-corrected chi connectivity index (χ2v) is 5.27. The van der Waals surface area contributed by atoms with Gasteiger partial charge in [0.05, 0.1) is 22.4 Å². The fourth-order valence-corrected chi connectivity index (χ4v) is 2.48. The fourth-order valence-electron chi connectivity index (χ4n) is 2.11. The Bertz CT molecular complexity index is 818. The van der Waals surface area contributed by atoms with Crippen LogP contribution < -0.4 is 0 Å². The molecule has 0 N–H and O–H groups in total. The number of hydrogen-bond acceptors (Lipinski definition) is 2. The molecule has 0 unspecified atom stereocenters. The van der Waals surface area contributed by atoms with Crippen LogP contribution in [-0.2, 0) is 0 Å². The molecule has 0 fully saturated rings. The van der Waals surface area contributed by atoms with E-state index in [1.54, 1.807) is 12.3 Å². The van der Waals surface area contributed by atoms with Gasteiger partial charge >= 0.3 is 0 Å². The minimum atomic E-state index is -0.347. The van der Waals surface area contributed by atoms with E-state index in [2.05, 4.69) is 9.97 Å². The Morgan fingerprint density at radius 1 is 1.10 bits per heavy atom. The van der Waals surface area contributed by atoms with Crippen molar-refractivity contribution in [1.29, 1.82) is 0 Å². The van der Waals surface area contributed by atoms with Crippen molar-refractivity contribution < 1.29 is 4.39 Å². The molecule has 0 radical (unpaired) electrons. The van der Waals surface area contributed by atoms with Crippen molar-refractivity contribution in [1.82, 2.24) is 9.97 Å². The number of aromatic nitrogens is 2. The maximum atomic E-state index is 13.4. The average Bonchev–Trinajstić information content (AvgIpc) is 2.41. The van der Waals surface area contributed by atoms with Gasteiger partial charge in [0.25, 0.3) is 0 Å². The summed E-state index contributed by atoms with van der Waals surface area (Å²) in [5.74, 6) is -0.347. The summed E-state index contributed by atoms with van der Waals surface area (Å²) in [5.41, 5.74) is 2.80. The SMILES string of the molecule is Cc1cc2cc(Cl)ncc2nc1-c1cc(F)ccc1Cl. The summed E-state index contributed by atoms with van der Waals surface area (Å²) < 4.78 is 13.4. The van der Waals surface area contributed by atoms with Gasteiger partial charge in [-0.15, -0.1) is 0 Å². The normalized spacial score (nSPS) is 11.0. The Labute approximate surface area is 125 Å². The lowest BCUT2D eigenvalue weighted by Crippen LogP contribution is -1.92. The lowest BCUT2D eigenvalue weighted by Gasteiger charge is -2.09. The summed E-state index contributed by atoms with van der Waals surface area (Å²) in [7, 11) is 0. The summed E-state index contributed by atoms with van der Waals surface area (Å²) >= 11 is 12.0. The van der Waals surface area contributed by atoms with E-state index < -0.39 is 0 Å². The highest BCUT2D eigenvalue weighted by Gasteiger charge is 2.11. The predicted molar refractivity (Wildman–Crippen MR) is 79.7 cm³/mol. The molecule has 0 saturated carbocycles. The van der Waals surface area contributed by atoms with Crippen LogP contribution in [0.1, 0.15) is 5.56 Å². The number of rotatable bonds is 1. The summed E-state index contributed by atoms with van der Waals surface area (Å²) in [5, 5.41) is 1.76. The van der Waals surface area contributed by atoms with E-state index >= 15 is 0 Å². The fraction of sp³-hybridized carbons (Fsp3) is 0.0667. The first-order valence-electron chi connectivity index (χ1n) is 5.93. The van der Waals surface area contributed by atoms with Gasteiger partial charge in [-0.1, -0.05) is 23.2 Å². The molecule has 0 amide bonds.